The molecule has 108 valence electrons. The second kappa shape index (κ2) is 10.9. The highest BCUT2D eigenvalue weighted by Crippen LogP contribution is 2.07. The lowest BCUT2D eigenvalue weighted by atomic mass is 10.3. The van der Waals surface area contributed by atoms with Crippen LogP contribution in [0, 0.1) is 0 Å². The van der Waals surface area contributed by atoms with E-state index in [1.807, 2.05) is 37.4 Å². The van der Waals surface area contributed by atoms with E-state index in [-0.39, 0.29) is 24.0 Å². The number of guanidine groups is 1. The number of hydrogen-bond acceptors (Lipinski definition) is 2. The van der Waals surface area contributed by atoms with Gasteiger partial charge in [-0.05, 0) is 18.6 Å². The first-order valence-corrected chi connectivity index (χ1v) is 6.37. The van der Waals surface area contributed by atoms with Crippen LogP contribution in [0.15, 0.2) is 35.3 Å². The zero-order valence-electron chi connectivity index (χ0n) is 11.9. The molecule has 0 fully saturated rings. The number of para-hydroxylation sites is 1. The average molecular weight is 377 g/mol. The maximum absolute atomic E-state index is 5.65. The number of rotatable bonds is 6. The topological polar surface area (TPSA) is 36.9 Å². The molecule has 0 atom stereocenters. The number of benzene rings is 1. The van der Waals surface area contributed by atoms with Gasteiger partial charge >= 0.3 is 0 Å². The Morgan fingerprint density at radius 2 is 2.00 bits per heavy atom. The summed E-state index contributed by atoms with van der Waals surface area (Å²) in [5, 5.41) is 3.29. The van der Waals surface area contributed by atoms with Gasteiger partial charge in [0.2, 0.25) is 0 Å². The molecule has 0 unspecified atom stereocenters. The molecule has 0 spiro atoms. The Labute approximate surface area is 133 Å². The van der Waals surface area contributed by atoms with Crippen LogP contribution in [-0.4, -0.2) is 44.7 Å². The van der Waals surface area contributed by atoms with Crippen LogP contribution in [-0.2, 0) is 0 Å². The van der Waals surface area contributed by atoms with Crippen LogP contribution in [0.3, 0.4) is 0 Å². The summed E-state index contributed by atoms with van der Waals surface area (Å²) in [5.41, 5.74) is 0. The predicted octanol–water partition coefficient (Wildman–Crippen LogP) is 2.60. The quantitative estimate of drug-likeness (QED) is 0.471. The minimum absolute atomic E-state index is 0. The highest BCUT2D eigenvalue weighted by molar-refractivity contribution is 14.0. The first kappa shape index (κ1) is 18.0. The second-order valence-corrected chi connectivity index (χ2v) is 4.06. The van der Waals surface area contributed by atoms with Gasteiger partial charge in [-0.2, -0.15) is 0 Å². The Morgan fingerprint density at radius 1 is 1.32 bits per heavy atom. The summed E-state index contributed by atoms with van der Waals surface area (Å²) < 4.78 is 5.65. The minimum atomic E-state index is 0. The molecule has 1 rings (SSSR count). The summed E-state index contributed by atoms with van der Waals surface area (Å²) in [6.45, 7) is 4.53. The van der Waals surface area contributed by atoms with Gasteiger partial charge in [-0.25, -0.2) is 0 Å². The average Bonchev–Trinajstić information content (AvgIpc) is 2.41. The first-order valence-electron chi connectivity index (χ1n) is 6.37. The van der Waals surface area contributed by atoms with Gasteiger partial charge in [0.1, 0.15) is 12.4 Å². The van der Waals surface area contributed by atoms with Gasteiger partial charge in [0.15, 0.2) is 5.96 Å². The number of nitrogens with zero attached hydrogens (tertiary/aromatic N) is 2. The third kappa shape index (κ3) is 7.25. The smallest absolute Gasteiger partial charge is 0.193 e. The van der Waals surface area contributed by atoms with Crippen molar-refractivity contribution in [3.05, 3.63) is 30.3 Å². The van der Waals surface area contributed by atoms with Crippen LogP contribution in [0.25, 0.3) is 0 Å². The second-order valence-electron chi connectivity index (χ2n) is 4.06. The van der Waals surface area contributed by atoms with Gasteiger partial charge in [0.25, 0.3) is 0 Å². The van der Waals surface area contributed by atoms with Crippen molar-refractivity contribution < 1.29 is 4.74 Å². The number of nitrogens with one attached hydrogen (secondary N) is 1. The van der Waals surface area contributed by atoms with Crippen LogP contribution in [0.4, 0.5) is 0 Å². The number of ether oxygens (including phenoxy) is 1. The zero-order chi connectivity index (χ0) is 13.2. The first-order chi connectivity index (χ1) is 8.77. The Hall–Kier alpha value is -0.980. The number of hydrogen-bond donors (Lipinski definition) is 1. The number of halogens is 1. The van der Waals surface area contributed by atoms with Crippen molar-refractivity contribution in [1.29, 1.82) is 0 Å². The largest absolute Gasteiger partial charge is 0.492 e. The van der Waals surface area contributed by atoms with Gasteiger partial charge in [-0.3, -0.25) is 4.99 Å². The van der Waals surface area contributed by atoms with Crippen LogP contribution < -0.4 is 10.1 Å². The highest BCUT2D eigenvalue weighted by Gasteiger charge is 2.04. The van der Waals surface area contributed by atoms with Gasteiger partial charge in [-0.1, -0.05) is 25.1 Å². The van der Waals surface area contributed by atoms with Gasteiger partial charge in [0, 0.05) is 20.6 Å². The molecule has 0 amide bonds. The van der Waals surface area contributed by atoms with Crippen molar-refractivity contribution in [1.82, 2.24) is 10.2 Å². The maximum Gasteiger partial charge on any atom is 0.193 e. The molecular weight excluding hydrogens is 353 g/mol. The Bertz CT molecular complexity index is 357. The minimum Gasteiger partial charge on any atom is -0.492 e. The Kier molecular flexibility index (Phi) is 10.3. The Balaban J connectivity index is 0.00000324. The van der Waals surface area contributed by atoms with Crippen molar-refractivity contribution in [2.24, 2.45) is 4.99 Å². The van der Waals surface area contributed by atoms with Crippen LogP contribution in [0.1, 0.15) is 13.3 Å². The molecule has 5 heteroatoms. The zero-order valence-corrected chi connectivity index (χ0v) is 14.3. The highest BCUT2D eigenvalue weighted by atomic mass is 127. The fraction of sp³-hybridized carbons (Fsp3) is 0.500. The summed E-state index contributed by atoms with van der Waals surface area (Å²) in [4.78, 5) is 6.30. The molecule has 0 saturated carbocycles. The number of aliphatic imine (C=N–C) groups is 1. The molecular formula is C14H24IN3O. The molecule has 0 radical (unpaired) electrons. The van der Waals surface area contributed by atoms with E-state index in [2.05, 4.69) is 22.1 Å². The lowest BCUT2D eigenvalue weighted by Crippen LogP contribution is -2.41. The van der Waals surface area contributed by atoms with E-state index in [9.17, 15) is 0 Å². The van der Waals surface area contributed by atoms with E-state index < -0.39 is 0 Å². The van der Waals surface area contributed by atoms with Crippen LogP contribution in [0.2, 0.25) is 0 Å². The lowest BCUT2D eigenvalue weighted by molar-refractivity contribution is 0.281. The van der Waals surface area contributed by atoms with E-state index in [1.165, 1.54) is 0 Å². The summed E-state index contributed by atoms with van der Waals surface area (Å²) in [6, 6.07) is 9.85. The fourth-order valence-corrected chi connectivity index (χ4v) is 1.54. The van der Waals surface area contributed by atoms with E-state index in [0.29, 0.717) is 6.61 Å². The van der Waals surface area contributed by atoms with Gasteiger partial charge in [-0.15, -0.1) is 24.0 Å². The lowest BCUT2D eigenvalue weighted by Gasteiger charge is -2.21. The summed E-state index contributed by atoms with van der Waals surface area (Å²) in [6.07, 6.45) is 1.09. The molecule has 19 heavy (non-hydrogen) atoms. The van der Waals surface area contributed by atoms with Gasteiger partial charge in [0.05, 0.1) is 6.54 Å². The molecule has 0 bridgehead atoms. The normalized spacial score (nSPS) is 10.6. The molecule has 0 saturated heterocycles. The maximum atomic E-state index is 5.65. The number of likely N-dealkylation sites (N-methyl/N-ethyl adjacent to an activating group) is 1. The molecule has 0 aliphatic heterocycles. The monoisotopic (exact) mass is 377 g/mol. The predicted molar refractivity (Wildman–Crippen MR) is 91.6 cm³/mol. The summed E-state index contributed by atoms with van der Waals surface area (Å²) >= 11 is 0. The van der Waals surface area contributed by atoms with Gasteiger partial charge < -0.3 is 15.0 Å². The molecule has 0 aliphatic rings. The molecule has 0 aliphatic carbocycles. The molecule has 1 N–H and O–H groups in total. The summed E-state index contributed by atoms with van der Waals surface area (Å²) in [5.74, 6) is 1.82. The van der Waals surface area contributed by atoms with Crippen molar-refractivity contribution in [2.45, 2.75) is 13.3 Å². The van der Waals surface area contributed by atoms with Crippen molar-refractivity contribution >= 4 is 29.9 Å². The van der Waals surface area contributed by atoms with Crippen LogP contribution in [0.5, 0.6) is 5.75 Å². The molecule has 0 aromatic heterocycles. The van der Waals surface area contributed by atoms with Crippen LogP contribution >= 0.6 is 24.0 Å². The van der Waals surface area contributed by atoms with Crippen molar-refractivity contribution in [3.8, 4) is 5.75 Å². The third-order valence-electron chi connectivity index (χ3n) is 2.55. The van der Waals surface area contributed by atoms with E-state index in [4.69, 9.17) is 4.74 Å². The standard InChI is InChI=1S/C14H23N3O.HI/c1-4-10-16-14(15-2)17(3)11-12-18-13-8-6-5-7-9-13;/h5-9H,4,10-12H2,1-3H3,(H,15,16);1H. The van der Waals surface area contributed by atoms with E-state index >= 15 is 0 Å². The fourth-order valence-electron chi connectivity index (χ4n) is 1.54. The molecule has 0 heterocycles. The van der Waals surface area contributed by atoms with E-state index in [1.54, 1.807) is 7.05 Å². The van der Waals surface area contributed by atoms with E-state index in [0.717, 1.165) is 31.2 Å². The Morgan fingerprint density at radius 3 is 2.58 bits per heavy atom. The third-order valence-corrected chi connectivity index (χ3v) is 2.55. The molecule has 1 aromatic rings. The summed E-state index contributed by atoms with van der Waals surface area (Å²) in [7, 11) is 3.81. The van der Waals surface area contributed by atoms with Crippen molar-refractivity contribution in [3.63, 3.8) is 0 Å². The molecule has 4 nitrogen and oxygen atoms in total. The SMILES string of the molecule is CCCNC(=NC)N(C)CCOc1ccccc1.I. The van der Waals surface area contributed by atoms with Crippen molar-refractivity contribution in [2.75, 3.05) is 33.8 Å². The molecule has 1 aromatic carbocycles.